The number of amides is 2. The first-order valence-electron chi connectivity index (χ1n) is 9.59. The number of thiocarbonyl (C=S) groups is 1. The Kier molecular flexibility index (Phi) is 5.71. The number of anilines is 2. The van der Waals surface area contributed by atoms with Gasteiger partial charge in [-0.3, -0.25) is 19.4 Å². The minimum absolute atomic E-state index is 0.0588. The van der Waals surface area contributed by atoms with E-state index in [4.69, 9.17) is 12.2 Å². The number of benzene rings is 2. The van der Waals surface area contributed by atoms with E-state index in [0.717, 1.165) is 26.0 Å². The molecular weight excluding hydrogens is 465 g/mol. The normalized spacial score (nSPS) is 16.6. The number of hydrogen-bond acceptors (Lipinski definition) is 6. The molecule has 0 aliphatic carbocycles. The second-order valence-electron chi connectivity index (χ2n) is 6.87. The molecule has 2 aliphatic rings. The number of thiophene rings is 1. The molecule has 8 heteroatoms. The molecule has 4 nitrogen and oxygen atoms in total. The van der Waals surface area contributed by atoms with Gasteiger partial charge in [-0.25, -0.2) is 0 Å². The van der Waals surface area contributed by atoms with E-state index in [1.807, 2.05) is 72.1 Å². The van der Waals surface area contributed by atoms with Crippen molar-refractivity contribution in [3.05, 3.63) is 75.8 Å². The molecule has 0 unspecified atom stereocenters. The summed E-state index contributed by atoms with van der Waals surface area (Å²) in [6.07, 6.45) is 2.05. The lowest BCUT2D eigenvalue weighted by molar-refractivity contribution is -0.123. The number of para-hydroxylation sites is 2. The van der Waals surface area contributed by atoms with Crippen molar-refractivity contribution >= 4 is 80.7 Å². The van der Waals surface area contributed by atoms with Gasteiger partial charge in [-0.1, -0.05) is 66.1 Å². The predicted octanol–water partition coefficient (Wildman–Crippen LogP) is 6.17. The molecule has 31 heavy (non-hydrogen) atoms. The molecule has 2 amide bonds. The van der Waals surface area contributed by atoms with Gasteiger partial charge in [0, 0.05) is 27.6 Å². The molecule has 1 aromatic heterocycles. The number of nitrogens with zero attached hydrogens (tertiary/aromatic N) is 2. The summed E-state index contributed by atoms with van der Waals surface area (Å²) >= 11 is 9.95. The van der Waals surface area contributed by atoms with E-state index in [1.165, 1.54) is 16.7 Å². The highest BCUT2D eigenvalue weighted by molar-refractivity contribution is 8.26. The molecule has 0 saturated carbocycles. The summed E-state index contributed by atoms with van der Waals surface area (Å²) in [6.45, 7) is 0.263. The molecule has 0 N–H and O–H groups in total. The van der Waals surface area contributed by atoms with Gasteiger partial charge < -0.3 is 0 Å². The zero-order chi connectivity index (χ0) is 21.4. The Balaban J connectivity index is 1.36. The average Bonchev–Trinajstić information content (AvgIpc) is 3.38. The van der Waals surface area contributed by atoms with Crippen molar-refractivity contribution in [1.82, 2.24) is 4.90 Å². The Morgan fingerprint density at radius 2 is 1.61 bits per heavy atom. The number of rotatable bonds is 4. The van der Waals surface area contributed by atoms with Gasteiger partial charge in [0.25, 0.3) is 5.91 Å². The quantitative estimate of drug-likeness (QED) is 0.330. The van der Waals surface area contributed by atoms with Gasteiger partial charge in [0.05, 0.1) is 16.3 Å². The minimum Gasteiger partial charge on any atom is -0.292 e. The van der Waals surface area contributed by atoms with E-state index in [2.05, 4.69) is 0 Å². The van der Waals surface area contributed by atoms with Crippen molar-refractivity contribution in [2.24, 2.45) is 0 Å². The van der Waals surface area contributed by atoms with Crippen LogP contribution in [0, 0.1) is 0 Å². The van der Waals surface area contributed by atoms with Crippen LogP contribution in [-0.2, 0) is 9.59 Å². The van der Waals surface area contributed by atoms with Gasteiger partial charge in [-0.15, -0.1) is 11.3 Å². The third kappa shape index (κ3) is 3.96. The summed E-state index contributed by atoms with van der Waals surface area (Å²) in [4.78, 5) is 33.2. The fraction of sp³-hybridized carbons (Fsp3) is 0.0870. The maximum atomic E-state index is 13.3. The van der Waals surface area contributed by atoms with Crippen molar-refractivity contribution < 1.29 is 9.59 Å². The molecule has 0 bridgehead atoms. The highest BCUT2D eigenvalue weighted by atomic mass is 32.2. The minimum atomic E-state index is -0.133. The van der Waals surface area contributed by atoms with Crippen molar-refractivity contribution in [2.75, 3.05) is 11.4 Å². The fourth-order valence-corrected chi connectivity index (χ4v) is 6.58. The van der Waals surface area contributed by atoms with E-state index in [-0.39, 0.29) is 24.8 Å². The van der Waals surface area contributed by atoms with E-state index >= 15 is 0 Å². The van der Waals surface area contributed by atoms with Crippen LogP contribution in [0.25, 0.3) is 6.08 Å². The monoisotopic (exact) mass is 480 g/mol. The number of carbonyl (C=O) groups is 2. The van der Waals surface area contributed by atoms with Crippen LogP contribution in [0.4, 0.5) is 11.4 Å². The van der Waals surface area contributed by atoms with Gasteiger partial charge in [0.15, 0.2) is 0 Å². The topological polar surface area (TPSA) is 40.6 Å². The summed E-state index contributed by atoms with van der Waals surface area (Å²) in [5.74, 6) is -0.192. The molecule has 3 aromatic rings. The second kappa shape index (κ2) is 8.63. The van der Waals surface area contributed by atoms with E-state index in [1.54, 1.807) is 28.0 Å². The third-order valence-corrected chi connectivity index (χ3v) is 8.25. The van der Waals surface area contributed by atoms with Crippen LogP contribution < -0.4 is 4.90 Å². The first-order valence-corrected chi connectivity index (χ1v) is 12.5. The second-order valence-corrected chi connectivity index (χ2v) is 10.6. The van der Waals surface area contributed by atoms with Crippen molar-refractivity contribution in [3.8, 4) is 0 Å². The molecule has 2 aliphatic heterocycles. The molecule has 0 radical (unpaired) electrons. The lowest BCUT2D eigenvalue weighted by Crippen LogP contribution is -2.35. The fourth-order valence-electron chi connectivity index (χ4n) is 3.49. The zero-order valence-corrected chi connectivity index (χ0v) is 19.5. The highest BCUT2D eigenvalue weighted by Gasteiger charge is 2.34. The first kappa shape index (κ1) is 20.5. The largest absolute Gasteiger partial charge is 0.292 e. The molecule has 0 spiro atoms. The van der Waals surface area contributed by atoms with E-state index in [9.17, 15) is 9.59 Å². The molecule has 2 aromatic carbocycles. The van der Waals surface area contributed by atoms with E-state index in [0.29, 0.717) is 9.23 Å². The maximum absolute atomic E-state index is 13.3. The zero-order valence-electron chi connectivity index (χ0n) is 16.2. The van der Waals surface area contributed by atoms with Crippen LogP contribution >= 0.6 is 47.1 Å². The molecule has 1 fully saturated rings. The smallest absolute Gasteiger partial charge is 0.266 e. The van der Waals surface area contributed by atoms with Gasteiger partial charge in [0.1, 0.15) is 4.32 Å². The van der Waals surface area contributed by atoms with Crippen LogP contribution in [0.3, 0.4) is 0 Å². The van der Waals surface area contributed by atoms with Crippen molar-refractivity contribution in [2.45, 2.75) is 16.2 Å². The molecular formula is C23H16N2O2S4. The summed E-state index contributed by atoms with van der Waals surface area (Å²) in [5, 5.41) is 1.97. The standard InChI is InChI=1S/C23H16N2O2S4/c26-21(11-12-24-22(27)20(31-23(24)28)14-15-6-5-13-29-15)25-16-7-1-3-9-18(16)30-19-10-4-2-8-17(19)25/h1-10,13-14H,11-12H2/b20-14+. The van der Waals surface area contributed by atoms with Gasteiger partial charge in [-0.05, 0) is 41.8 Å². The third-order valence-electron chi connectivity index (χ3n) is 4.92. The summed E-state index contributed by atoms with van der Waals surface area (Å²) in [7, 11) is 0. The Bertz CT molecular complexity index is 1170. The summed E-state index contributed by atoms with van der Waals surface area (Å²) < 4.78 is 0.496. The van der Waals surface area contributed by atoms with Crippen LogP contribution in [0.1, 0.15) is 11.3 Å². The van der Waals surface area contributed by atoms with Gasteiger partial charge in [0.2, 0.25) is 5.91 Å². The van der Waals surface area contributed by atoms with E-state index < -0.39 is 0 Å². The SMILES string of the molecule is O=C1/C(=C\c2cccs2)SC(=S)N1CCC(=O)N1c2ccccc2Sc2ccccc21. The Labute approximate surface area is 197 Å². The van der Waals surface area contributed by atoms with Crippen molar-refractivity contribution in [3.63, 3.8) is 0 Å². The lowest BCUT2D eigenvalue weighted by atomic mass is 10.2. The molecule has 154 valence electrons. The Hall–Kier alpha value is -2.39. The number of thioether (sulfide) groups is 1. The average molecular weight is 481 g/mol. The van der Waals surface area contributed by atoms with Gasteiger partial charge >= 0.3 is 0 Å². The molecule has 0 atom stereocenters. The predicted molar refractivity (Wildman–Crippen MR) is 133 cm³/mol. The number of carbonyl (C=O) groups excluding carboxylic acids is 2. The van der Waals surface area contributed by atoms with Gasteiger partial charge in [-0.2, -0.15) is 0 Å². The van der Waals surface area contributed by atoms with Crippen LogP contribution in [0.5, 0.6) is 0 Å². The molecule has 1 saturated heterocycles. The van der Waals surface area contributed by atoms with Crippen LogP contribution in [-0.4, -0.2) is 27.6 Å². The first-order chi connectivity index (χ1) is 15.1. The van der Waals surface area contributed by atoms with Crippen LogP contribution in [0.15, 0.2) is 80.7 Å². The number of hydrogen-bond donors (Lipinski definition) is 0. The molecule has 5 rings (SSSR count). The maximum Gasteiger partial charge on any atom is 0.266 e. The van der Waals surface area contributed by atoms with Crippen LogP contribution in [0.2, 0.25) is 0 Å². The lowest BCUT2D eigenvalue weighted by Gasteiger charge is -2.31. The summed E-state index contributed by atoms with van der Waals surface area (Å²) in [5.41, 5.74) is 1.75. The Morgan fingerprint density at radius 3 is 2.26 bits per heavy atom. The highest BCUT2D eigenvalue weighted by Crippen LogP contribution is 2.48. The summed E-state index contributed by atoms with van der Waals surface area (Å²) in [6, 6.07) is 19.7. The molecule has 3 heterocycles. The number of fused-ring (bicyclic) bond motifs is 2. The Morgan fingerprint density at radius 1 is 0.935 bits per heavy atom. The van der Waals surface area contributed by atoms with Crippen molar-refractivity contribution in [1.29, 1.82) is 0 Å².